The van der Waals surface area contributed by atoms with Crippen molar-refractivity contribution < 1.29 is 0 Å². The number of fused-ring (bicyclic) bond motifs is 7. The van der Waals surface area contributed by atoms with Gasteiger partial charge in [0.05, 0.1) is 5.69 Å². The van der Waals surface area contributed by atoms with Crippen LogP contribution >= 0.6 is 0 Å². The van der Waals surface area contributed by atoms with Crippen LogP contribution in [0.25, 0.3) is 70.6 Å². The van der Waals surface area contributed by atoms with Crippen molar-refractivity contribution in [3.8, 4) is 11.1 Å². The van der Waals surface area contributed by atoms with Crippen LogP contribution in [0, 0.1) is 0 Å². The molecule has 9 aromatic carbocycles. The van der Waals surface area contributed by atoms with Crippen LogP contribution in [0.2, 0.25) is 0 Å². The minimum Gasteiger partial charge on any atom is -0.310 e. The molecule has 246 valence electrons. The van der Waals surface area contributed by atoms with Gasteiger partial charge in [-0.25, -0.2) is 0 Å². The highest BCUT2D eigenvalue weighted by Gasteiger charge is 2.19. The van der Waals surface area contributed by atoms with Gasteiger partial charge in [0.15, 0.2) is 0 Å². The molecular weight excluding hydrogens is 627 g/mol. The zero-order valence-electron chi connectivity index (χ0n) is 29.1. The fraction of sp³-hybridized carbons (Fsp3) is 0.0196. The summed E-state index contributed by atoms with van der Waals surface area (Å²) in [5.41, 5.74) is 7.78. The van der Waals surface area contributed by atoms with Gasteiger partial charge in [-0.05, 0) is 108 Å². The zero-order valence-corrected chi connectivity index (χ0v) is 29.1. The van der Waals surface area contributed by atoms with E-state index < -0.39 is 0 Å². The SMILES string of the molecule is C=C(/C=C\C(=C/C)N(c1cccc(-c2cc3ccccc3c3ccccc23)c1)c1cc2ccccc2c2ccccc12)c1cccc2ccccc12. The van der Waals surface area contributed by atoms with Crippen LogP contribution in [-0.4, -0.2) is 0 Å². The van der Waals surface area contributed by atoms with Gasteiger partial charge in [-0.15, -0.1) is 0 Å². The maximum atomic E-state index is 4.55. The molecule has 0 radical (unpaired) electrons. The third-order valence-corrected chi connectivity index (χ3v) is 10.3. The highest BCUT2D eigenvalue weighted by molar-refractivity contribution is 6.15. The molecule has 0 atom stereocenters. The Labute approximate surface area is 304 Å². The molecule has 52 heavy (non-hydrogen) atoms. The predicted molar refractivity (Wildman–Crippen MR) is 226 cm³/mol. The summed E-state index contributed by atoms with van der Waals surface area (Å²) in [5.74, 6) is 0. The fourth-order valence-corrected chi connectivity index (χ4v) is 7.83. The number of hydrogen-bond acceptors (Lipinski definition) is 1. The minimum absolute atomic E-state index is 0.968. The largest absolute Gasteiger partial charge is 0.310 e. The highest BCUT2D eigenvalue weighted by Crippen LogP contribution is 2.42. The molecule has 0 aliphatic carbocycles. The first-order chi connectivity index (χ1) is 25.7. The van der Waals surface area contributed by atoms with Crippen LogP contribution in [0.3, 0.4) is 0 Å². The van der Waals surface area contributed by atoms with Crippen molar-refractivity contribution >= 4 is 70.8 Å². The average molecular weight is 664 g/mol. The van der Waals surface area contributed by atoms with Gasteiger partial charge in [-0.3, -0.25) is 0 Å². The number of nitrogens with zero attached hydrogens (tertiary/aromatic N) is 1. The summed E-state index contributed by atoms with van der Waals surface area (Å²) < 4.78 is 0. The maximum Gasteiger partial charge on any atom is 0.0546 e. The van der Waals surface area contributed by atoms with Crippen LogP contribution in [-0.2, 0) is 0 Å². The van der Waals surface area contributed by atoms with E-state index in [2.05, 4.69) is 213 Å². The second kappa shape index (κ2) is 13.2. The molecule has 0 spiro atoms. The van der Waals surface area contributed by atoms with Crippen molar-refractivity contribution in [2.75, 3.05) is 4.90 Å². The van der Waals surface area contributed by atoms with Gasteiger partial charge in [0, 0.05) is 16.8 Å². The van der Waals surface area contributed by atoms with Gasteiger partial charge in [-0.2, -0.15) is 0 Å². The summed E-state index contributed by atoms with van der Waals surface area (Å²) in [5, 5.41) is 12.3. The van der Waals surface area contributed by atoms with Crippen LogP contribution in [0.1, 0.15) is 12.5 Å². The molecule has 9 rings (SSSR count). The van der Waals surface area contributed by atoms with E-state index in [1.165, 1.54) is 65.0 Å². The summed E-state index contributed by atoms with van der Waals surface area (Å²) in [4.78, 5) is 2.41. The topological polar surface area (TPSA) is 3.24 Å². The second-order valence-corrected chi connectivity index (χ2v) is 13.3. The van der Waals surface area contributed by atoms with E-state index in [1.54, 1.807) is 0 Å². The summed E-state index contributed by atoms with van der Waals surface area (Å²) >= 11 is 0. The lowest BCUT2D eigenvalue weighted by molar-refractivity contribution is 1.21. The number of benzene rings is 9. The van der Waals surface area contributed by atoms with Crippen LogP contribution in [0.5, 0.6) is 0 Å². The van der Waals surface area contributed by atoms with E-state index in [1.807, 2.05) is 0 Å². The maximum absolute atomic E-state index is 4.55. The summed E-state index contributed by atoms with van der Waals surface area (Å²) in [7, 11) is 0. The summed E-state index contributed by atoms with van der Waals surface area (Å²) in [6.45, 7) is 6.67. The van der Waals surface area contributed by atoms with Gasteiger partial charge in [-0.1, -0.05) is 170 Å². The molecule has 0 bridgehead atoms. The fourth-order valence-electron chi connectivity index (χ4n) is 7.83. The molecule has 1 nitrogen and oxygen atoms in total. The lowest BCUT2D eigenvalue weighted by atomic mass is 9.93. The standard InChI is InChI=1S/C51H37N/c1-3-40(31-30-35(2)42-29-15-19-36-16-4-7-22-43(36)42)52(51-34-39-18-6-9-24-45(39)47-26-12-13-28-49(47)51)41-21-14-20-37(32-41)50-33-38-17-5-8-23-44(38)46-25-10-11-27-48(46)50/h3-34H,2H2,1H3/b31-30-,40-3+. The van der Waals surface area contributed by atoms with E-state index in [0.29, 0.717) is 0 Å². The number of allylic oxidation sites excluding steroid dienone is 4. The monoisotopic (exact) mass is 663 g/mol. The number of rotatable bonds is 7. The first-order valence-electron chi connectivity index (χ1n) is 17.9. The van der Waals surface area contributed by atoms with Crippen LogP contribution < -0.4 is 4.90 Å². The Hall–Kier alpha value is -6.70. The summed E-state index contributed by atoms with van der Waals surface area (Å²) in [6, 6.07) is 63.6. The van der Waals surface area contributed by atoms with E-state index >= 15 is 0 Å². The first-order valence-corrected chi connectivity index (χ1v) is 17.9. The van der Waals surface area contributed by atoms with E-state index in [0.717, 1.165) is 28.2 Å². The Balaban J connectivity index is 1.25. The Morgan fingerprint density at radius 3 is 1.71 bits per heavy atom. The van der Waals surface area contributed by atoms with Gasteiger partial charge in [0.1, 0.15) is 0 Å². The Morgan fingerprint density at radius 2 is 1.00 bits per heavy atom. The van der Waals surface area contributed by atoms with Gasteiger partial charge < -0.3 is 4.90 Å². The van der Waals surface area contributed by atoms with Gasteiger partial charge in [0.2, 0.25) is 0 Å². The second-order valence-electron chi connectivity index (χ2n) is 13.3. The zero-order chi connectivity index (χ0) is 35.0. The molecule has 0 aromatic heterocycles. The lowest BCUT2D eigenvalue weighted by Gasteiger charge is -2.29. The van der Waals surface area contributed by atoms with E-state index in [9.17, 15) is 0 Å². The molecule has 0 aliphatic rings. The highest BCUT2D eigenvalue weighted by atomic mass is 15.1. The van der Waals surface area contributed by atoms with Crippen molar-refractivity contribution in [1.29, 1.82) is 0 Å². The van der Waals surface area contributed by atoms with Crippen molar-refractivity contribution in [2.24, 2.45) is 0 Å². The number of anilines is 2. The Bertz CT molecular complexity index is 2880. The lowest BCUT2D eigenvalue weighted by Crippen LogP contribution is -2.16. The molecule has 0 aliphatic heterocycles. The number of hydrogen-bond donors (Lipinski definition) is 0. The molecule has 0 fully saturated rings. The predicted octanol–water partition coefficient (Wildman–Crippen LogP) is 14.4. The first kappa shape index (κ1) is 31.3. The van der Waals surface area contributed by atoms with Gasteiger partial charge >= 0.3 is 0 Å². The smallest absolute Gasteiger partial charge is 0.0546 e. The van der Waals surface area contributed by atoms with Crippen molar-refractivity contribution in [1.82, 2.24) is 0 Å². The van der Waals surface area contributed by atoms with Crippen molar-refractivity contribution in [2.45, 2.75) is 6.92 Å². The molecule has 0 unspecified atom stereocenters. The molecule has 0 saturated heterocycles. The molecule has 0 amide bonds. The van der Waals surface area contributed by atoms with Crippen molar-refractivity contribution in [3.05, 3.63) is 212 Å². The van der Waals surface area contributed by atoms with Crippen LogP contribution in [0.15, 0.2) is 206 Å². The molecule has 9 aromatic rings. The molecule has 0 saturated carbocycles. The third-order valence-electron chi connectivity index (χ3n) is 10.3. The minimum atomic E-state index is 0.968. The summed E-state index contributed by atoms with van der Waals surface area (Å²) in [6.07, 6.45) is 6.58. The molecule has 1 heteroatoms. The molecule has 0 heterocycles. The Morgan fingerprint density at radius 1 is 0.462 bits per heavy atom. The molecule has 0 N–H and O–H groups in total. The van der Waals surface area contributed by atoms with Crippen LogP contribution in [0.4, 0.5) is 11.4 Å². The Kier molecular flexibility index (Phi) is 7.95. The van der Waals surface area contributed by atoms with Crippen molar-refractivity contribution in [3.63, 3.8) is 0 Å². The van der Waals surface area contributed by atoms with E-state index in [-0.39, 0.29) is 0 Å². The molecular formula is C51H37N. The van der Waals surface area contributed by atoms with E-state index in [4.69, 9.17) is 0 Å². The average Bonchev–Trinajstić information content (AvgIpc) is 3.21. The third kappa shape index (κ3) is 5.44. The quantitative estimate of drug-likeness (QED) is 0.121. The normalized spacial score (nSPS) is 12.1. The van der Waals surface area contributed by atoms with Gasteiger partial charge in [0.25, 0.3) is 0 Å².